The lowest BCUT2D eigenvalue weighted by atomic mass is 10.1. The molecule has 92 valence electrons. The summed E-state index contributed by atoms with van der Waals surface area (Å²) in [5.74, 6) is 0.909. The summed E-state index contributed by atoms with van der Waals surface area (Å²) in [7, 11) is 0. The third kappa shape index (κ3) is 2.97. The second-order valence-corrected chi connectivity index (χ2v) is 5.99. The van der Waals surface area contributed by atoms with Crippen LogP contribution in [0.25, 0.3) is 0 Å². The Morgan fingerprint density at radius 1 is 1.38 bits per heavy atom. The predicted octanol–water partition coefficient (Wildman–Crippen LogP) is 1.68. The Balaban J connectivity index is 1.70. The van der Waals surface area contributed by atoms with Crippen LogP contribution < -0.4 is 10.6 Å². The SMILES string of the molecule is CC1(C)CC1CNC(=O)C1CCCCCN1. The monoisotopic (exact) mass is 224 g/mol. The van der Waals surface area contributed by atoms with Crippen molar-refractivity contribution in [2.75, 3.05) is 13.1 Å². The maximum atomic E-state index is 11.9. The molecule has 3 heteroatoms. The molecule has 0 aromatic heterocycles. The van der Waals surface area contributed by atoms with Gasteiger partial charge in [-0.2, -0.15) is 0 Å². The highest BCUT2D eigenvalue weighted by Crippen LogP contribution is 2.50. The highest BCUT2D eigenvalue weighted by atomic mass is 16.2. The molecular weight excluding hydrogens is 200 g/mol. The van der Waals surface area contributed by atoms with E-state index in [9.17, 15) is 4.79 Å². The van der Waals surface area contributed by atoms with E-state index in [2.05, 4.69) is 24.5 Å². The van der Waals surface area contributed by atoms with Gasteiger partial charge < -0.3 is 10.6 Å². The zero-order chi connectivity index (χ0) is 11.6. The average molecular weight is 224 g/mol. The number of carbonyl (C=O) groups is 1. The fourth-order valence-electron chi connectivity index (χ4n) is 2.52. The summed E-state index contributed by atoms with van der Waals surface area (Å²) in [4.78, 5) is 11.9. The molecule has 2 unspecified atom stereocenters. The second kappa shape index (κ2) is 4.74. The van der Waals surface area contributed by atoms with Gasteiger partial charge in [0.15, 0.2) is 0 Å². The molecule has 2 fully saturated rings. The van der Waals surface area contributed by atoms with E-state index in [0.717, 1.165) is 19.5 Å². The van der Waals surface area contributed by atoms with Gasteiger partial charge in [0.25, 0.3) is 0 Å². The Labute approximate surface area is 98.4 Å². The molecule has 0 radical (unpaired) electrons. The van der Waals surface area contributed by atoms with Crippen molar-refractivity contribution in [3.8, 4) is 0 Å². The van der Waals surface area contributed by atoms with Crippen molar-refractivity contribution in [2.45, 2.75) is 52.0 Å². The Hall–Kier alpha value is -0.570. The molecule has 1 heterocycles. The number of rotatable bonds is 3. The molecule has 3 nitrogen and oxygen atoms in total. The number of nitrogens with one attached hydrogen (secondary N) is 2. The Morgan fingerprint density at radius 3 is 2.81 bits per heavy atom. The van der Waals surface area contributed by atoms with Crippen LogP contribution in [-0.4, -0.2) is 25.0 Å². The molecule has 2 aliphatic rings. The molecule has 0 aromatic carbocycles. The van der Waals surface area contributed by atoms with E-state index in [0.29, 0.717) is 11.3 Å². The molecule has 0 bridgehead atoms. The summed E-state index contributed by atoms with van der Waals surface area (Å²) >= 11 is 0. The summed E-state index contributed by atoms with van der Waals surface area (Å²) < 4.78 is 0. The van der Waals surface area contributed by atoms with Crippen LogP contribution >= 0.6 is 0 Å². The molecule has 1 saturated carbocycles. The minimum Gasteiger partial charge on any atom is -0.354 e. The largest absolute Gasteiger partial charge is 0.354 e. The van der Waals surface area contributed by atoms with Crippen LogP contribution in [0.5, 0.6) is 0 Å². The summed E-state index contributed by atoms with van der Waals surface area (Å²) in [6.45, 7) is 6.40. The molecule has 2 N–H and O–H groups in total. The smallest absolute Gasteiger partial charge is 0.237 e. The Bertz CT molecular complexity index is 255. The highest BCUT2D eigenvalue weighted by Gasteiger charge is 2.45. The summed E-state index contributed by atoms with van der Waals surface area (Å²) in [6.07, 6.45) is 5.90. The lowest BCUT2D eigenvalue weighted by Gasteiger charge is -2.15. The van der Waals surface area contributed by atoms with E-state index in [4.69, 9.17) is 0 Å². The van der Waals surface area contributed by atoms with Crippen LogP contribution in [0.1, 0.15) is 46.0 Å². The van der Waals surface area contributed by atoms with E-state index >= 15 is 0 Å². The van der Waals surface area contributed by atoms with Gasteiger partial charge in [-0.25, -0.2) is 0 Å². The van der Waals surface area contributed by atoms with Gasteiger partial charge in [-0.3, -0.25) is 4.79 Å². The van der Waals surface area contributed by atoms with Crippen LogP contribution in [0.3, 0.4) is 0 Å². The molecule has 1 amide bonds. The lowest BCUT2D eigenvalue weighted by molar-refractivity contribution is -0.123. The van der Waals surface area contributed by atoms with Crippen LogP contribution in [0.4, 0.5) is 0 Å². The average Bonchev–Trinajstić information content (AvgIpc) is 2.92. The quantitative estimate of drug-likeness (QED) is 0.766. The molecule has 0 spiro atoms. The summed E-state index contributed by atoms with van der Waals surface area (Å²) in [5, 5.41) is 6.43. The first-order chi connectivity index (χ1) is 7.59. The highest BCUT2D eigenvalue weighted by molar-refractivity contribution is 5.81. The minimum absolute atomic E-state index is 0.0596. The van der Waals surface area contributed by atoms with Crippen molar-refractivity contribution in [1.82, 2.24) is 10.6 Å². The van der Waals surface area contributed by atoms with Crippen molar-refractivity contribution < 1.29 is 4.79 Å². The van der Waals surface area contributed by atoms with Gasteiger partial charge in [-0.15, -0.1) is 0 Å². The van der Waals surface area contributed by atoms with Crippen molar-refractivity contribution in [3.05, 3.63) is 0 Å². The molecule has 16 heavy (non-hydrogen) atoms. The number of hydrogen-bond acceptors (Lipinski definition) is 2. The van der Waals surface area contributed by atoms with E-state index < -0.39 is 0 Å². The van der Waals surface area contributed by atoms with Crippen molar-refractivity contribution >= 4 is 5.91 Å². The van der Waals surface area contributed by atoms with E-state index in [1.54, 1.807) is 0 Å². The van der Waals surface area contributed by atoms with Crippen LogP contribution in [0.2, 0.25) is 0 Å². The standard InChI is InChI=1S/C13H24N2O/c1-13(2)8-10(13)9-15-12(16)11-6-4-3-5-7-14-11/h10-11,14H,3-9H2,1-2H3,(H,15,16). The lowest BCUT2D eigenvalue weighted by Crippen LogP contribution is -2.44. The van der Waals surface area contributed by atoms with E-state index in [1.165, 1.54) is 25.7 Å². The fraction of sp³-hybridized carbons (Fsp3) is 0.923. The van der Waals surface area contributed by atoms with Gasteiger partial charge in [0.05, 0.1) is 6.04 Å². The van der Waals surface area contributed by atoms with Crippen LogP contribution in [0.15, 0.2) is 0 Å². The van der Waals surface area contributed by atoms with Gasteiger partial charge >= 0.3 is 0 Å². The number of amides is 1. The molecular formula is C13H24N2O. The zero-order valence-corrected chi connectivity index (χ0v) is 10.5. The normalized spacial score (nSPS) is 32.9. The maximum absolute atomic E-state index is 11.9. The van der Waals surface area contributed by atoms with Gasteiger partial charge in [-0.1, -0.05) is 26.7 Å². The van der Waals surface area contributed by atoms with Gasteiger partial charge in [0, 0.05) is 6.54 Å². The van der Waals surface area contributed by atoms with E-state index in [-0.39, 0.29) is 11.9 Å². The zero-order valence-electron chi connectivity index (χ0n) is 10.5. The van der Waals surface area contributed by atoms with Crippen LogP contribution in [-0.2, 0) is 4.79 Å². The predicted molar refractivity (Wildman–Crippen MR) is 65.2 cm³/mol. The van der Waals surface area contributed by atoms with Crippen LogP contribution in [0, 0.1) is 11.3 Å². The Kier molecular flexibility index (Phi) is 3.53. The van der Waals surface area contributed by atoms with Crippen molar-refractivity contribution in [3.63, 3.8) is 0 Å². The molecule has 1 aliphatic carbocycles. The summed E-state index contributed by atoms with van der Waals surface area (Å²) in [5.41, 5.74) is 0.462. The van der Waals surface area contributed by atoms with Crippen molar-refractivity contribution in [2.24, 2.45) is 11.3 Å². The fourth-order valence-corrected chi connectivity index (χ4v) is 2.52. The molecule has 2 rings (SSSR count). The Morgan fingerprint density at radius 2 is 2.12 bits per heavy atom. The molecule has 2 atom stereocenters. The van der Waals surface area contributed by atoms with Crippen molar-refractivity contribution in [1.29, 1.82) is 0 Å². The first-order valence-electron chi connectivity index (χ1n) is 6.61. The van der Waals surface area contributed by atoms with Gasteiger partial charge in [0.1, 0.15) is 0 Å². The first-order valence-corrected chi connectivity index (χ1v) is 6.61. The molecule has 1 aliphatic heterocycles. The third-order valence-corrected chi connectivity index (χ3v) is 4.12. The van der Waals surface area contributed by atoms with E-state index in [1.807, 2.05) is 0 Å². The molecule has 1 saturated heterocycles. The second-order valence-electron chi connectivity index (χ2n) is 5.99. The number of hydrogen-bond donors (Lipinski definition) is 2. The first kappa shape index (κ1) is 11.9. The minimum atomic E-state index is 0.0596. The summed E-state index contributed by atoms with van der Waals surface area (Å²) in [6, 6.07) is 0.0596. The van der Waals surface area contributed by atoms with Gasteiger partial charge in [0.2, 0.25) is 5.91 Å². The topological polar surface area (TPSA) is 41.1 Å². The molecule has 0 aromatic rings. The third-order valence-electron chi connectivity index (χ3n) is 4.12. The number of carbonyl (C=O) groups excluding carboxylic acids is 1. The van der Waals surface area contributed by atoms with Gasteiger partial charge in [-0.05, 0) is 37.1 Å². The maximum Gasteiger partial charge on any atom is 0.237 e.